The molecule has 2 nitrogen and oxygen atoms in total. The standard InChI is InChI=1S/C8H7NO.3C2H6/c10-8-7-4-2-1-3-6(7)5-9-8;3*1-2/h1-4H,5H2,(H,9,10);3*1-2H3. The Balaban J connectivity index is 0. The van der Waals surface area contributed by atoms with E-state index in [1.807, 2.05) is 65.8 Å². The summed E-state index contributed by atoms with van der Waals surface area (Å²) in [5.74, 6) is 0.0515. The van der Waals surface area contributed by atoms with Gasteiger partial charge in [0.05, 0.1) is 0 Å². The van der Waals surface area contributed by atoms with Gasteiger partial charge in [-0.1, -0.05) is 59.7 Å². The summed E-state index contributed by atoms with van der Waals surface area (Å²) in [4.78, 5) is 11.0. The third kappa shape index (κ3) is 4.96. The number of hydrogen-bond donors (Lipinski definition) is 1. The highest BCUT2D eigenvalue weighted by molar-refractivity contribution is 5.98. The van der Waals surface area contributed by atoms with Crippen LogP contribution in [0.25, 0.3) is 0 Å². The third-order valence-corrected chi connectivity index (χ3v) is 1.70. The lowest BCUT2D eigenvalue weighted by atomic mass is 10.1. The normalized spacial score (nSPS) is 10.2. The lowest BCUT2D eigenvalue weighted by molar-refractivity contribution is 0.0966. The molecule has 2 rings (SSSR count). The van der Waals surface area contributed by atoms with E-state index in [9.17, 15) is 4.79 Å². The molecule has 1 heterocycles. The quantitative estimate of drug-likeness (QED) is 0.707. The Hall–Kier alpha value is -1.31. The Kier molecular flexibility index (Phi) is 12.6. The Bertz CT molecular complexity index is 282. The van der Waals surface area contributed by atoms with Crippen LogP contribution in [-0.2, 0) is 6.54 Å². The molecule has 0 fully saturated rings. The first kappa shape index (κ1) is 17.1. The SMILES string of the molecule is CC.CC.CC.O=C1NCc2ccccc21. The Morgan fingerprint density at radius 3 is 1.94 bits per heavy atom. The van der Waals surface area contributed by atoms with Gasteiger partial charge in [0, 0.05) is 12.1 Å². The molecule has 1 amide bonds. The largest absolute Gasteiger partial charge is 0.348 e. The molecule has 2 heteroatoms. The molecule has 0 aliphatic carbocycles. The predicted molar refractivity (Wildman–Crippen MR) is 71.7 cm³/mol. The molecule has 1 aromatic rings. The second-order valence-corrected chi connectivity index (χ2v) is 2.34. The van der Waals surface area contributed by atoms with Crippen LogP contribution in [0.5, 0.6) is 0 Å². The van der Waals surface area contributed by atoms with Crippen molar-refractivity contribution in [3.63, 3.8) is 0 Å². The highest BCUT2D eigenvalue weighted by Gasteiger charge is 2.16. The minimum atomic E-state index is 0.0515. The number of amides is 1. The summed E-state index contributed by atoms with van der Waals surface area (Å²) in [6.45, 7) is 12.7. The molecule has 1 aliphatic heterocycles. The number of carbonyl (C=O) groups is 1. The molecule has 0 unspecified atom stereocenters. The number of rotatable bonds is 0. The molecule has 1 aromatic carbocycles. The average Bonchev–Trinajstić information content (AvgIpc) is 2.79. The van der Waals surface area contributed by atoms with Crippen LogP contribution in [0.15, 0.2) is 24.3 Å². The second-order valence-electron chi connectivity index (χ2n) is 2.34. The van der Waals surface area contributed by atoms with Crippen LogP contribution in [-0.4, -0.2) is 5.91 Å². The monoisotopic (exact) mass is 223 g/mol. The van der Waals surface area contributed by atoms with Gasteiger partial charge in [0.25, 0.3) is 5.91 Å². The lowest BCUT2D eigenvalue weighted by Gasteiger charge is -1.89. The number of fused-ring (bicyclic) bond motifs is 1. The maximum absolute atomic E-state index is 11.0. The van der Waals surface area contributed by atoms with Gasteiger partial charge in [-0.3, -0.25) is 4.79 Å². The van der Waals surface area contributed by atoms with Gasteiger partial charge in [0.1, 0.15) is 0 Å². The number of nitrogens with one attached hydrogen (secondary N) is 1. The van der Waals surface area contributed by atoms with E-state index >= 15 is 0 Å². The summed E-state index contributed by atoms with van der Waals surface area (Å²) >= 11 is 0. The fourth-order valence-electron chi connectivity index (χ4n) is 1.17. The van der Waals surface area contributed by atoms with E-state index in [1.54, 1.807) is 0 Å². The first-order valence-electron chi connectivity index (χ1n) is 6.24. The van der Waals surface area contributed by atoms with E-state index in [0.717, 1.165) is 11.1 Å². The van der Waals surface area contributed by atoms with Crippen molar-refractivity contribution >= 4 is 5.91 Å². The van der Waals surface area contributed by atoms with Gasteiger partial charge >= 0.3 is 0 Å². The van der Waals surface area contributed by atoms with E-state index in [0.29, 0.717) is 6.54 Å². The molecule has 0 bridgehead atoms. The second kappa shape index (κ2) is 11.8. The van der Waals surface area contributed by atoms with Crippen LogP contribution >= 0.6 is 0 Å². The summed E-state index contributed by atoms with van der Waals surface area (Å²) in [6, 6.07) is 7.63. The maximum Gasteiger partial charge on any atom is 0.251 e. The van der Waals surface area contributed by atoms with Gasteiger partial charge in [-0.2, -0.15) is 0 Å². The zero-order chi connectivity index (χ0) is 13.0. The Morgan fingerprint density at radius 1 is 0.938 bits per heavy atom. The van der Waals surface area contributed by atoms with Gasteiger partial charge in [-0.05, 0) is 11.6 Å². The summed E-state index contributed by atoms with van der Waals surface area (Å²) < 4.78 is 0. The summed E-state index contributed by atoms with van der Waals surface area (Å²) in [5.41, 5.74) is 1.93. The smallest absolute Gasteiger partial charge is 0.251 e. The van der Waals surface area contributed by atoms with Crippen molar-refractivity contribution in [1.29, 1.82) is 0 Å². The van der Waals surface area contributed by atoms with E-state index < -0.39 is 0 Å². The minimum absolute atomic E-state index is 0.0515. The average molecular weight is 223 g/mol. The van der Waals surface area contributed by atoms with Gasteiger partial charge in [-0.25, -0.2) is 0 Å². The molecular weight excluding hydrogens is 198 g/mol. The Morgan fingerprint density at radius 2 is 1.44 bits per heavy atom. The van der Waals surface area contributed by atoms with Crippen molar-refractivity contribution in [2.24, 2.45) is 0 Å². The fraction of sp³-hybridized carbons (Fsp3) is 0.500. The molecule has 16 heavy (non-hydrogen) atoms. The van der Waals surface area contributed by atoms with E-state index in [1.165, 1.54) is 0 Å². The van der Waals surface area contributed by atoms with Gasteiger partial charge in [0.15, 0.2) is 0 Å². The highest BCUT2D eigenvalue weighted by atomic mass is 16.1. The predicted octanol–water partition coefficient (Wildman–Crippen LogP) is 4.01. The van der Waals surface area contributed by atoms with Crippen LogP contribution in [0.3, 0.4) is 0 Å². The first-order valence-corrected chi connectivity index (χ1v) is 6.24. The molecule has 92 valence electrons. The fourth-order valence-corrected chi connectivity index (χ4v) is 1.17. The van der Waals surface area contributed by atoms with Gasteiger partial charge in [-0.15, -0.1) is 0 Å². The highest BCUT2D eigenvalue weighted by Crippen LogP contribution is 2.13. The first-order chi connectivity index (χ1) is 7.88. The molecule has 0 spiro atoms. The molecule has 1 N–H and O–H groups in total. The molecule has 0 saturated carbocycles. The van der Waals surface area contributed by atoms with Gasteiger partial charge in [0.2, 0.25) is 0 Å². The third-order valence-electron chi connectivity index (χ3n) is 1.70. The number of hydrogen-bond acceptors (Lipinski definition) is 1. The summed E-state index contributed by atoms with van der Waals surface area (Å²) in [6.07, 6.45) is 0. The molecular formula is C14H25NO. The van der Waals surface area contributed by atoms with Crippen molar-refractivity contribution in [3.8, 4) is 0 Å². The zero-order valence-electron chi connectivity index (χ0n) is 11.4. The van der Waals surface area contributed by atoms with Crippen LogP contribution in [0.2, 0.25) is 0 Å². The van der Waals surface area contributed by atoms with Crippen LogP contribution in [0, 0.1) is 0 Å². The lowest BCUT2D eigenvalue weighted by Crippen LogP contribution is -2.12. The Labute approximate surface area is 100 Å². The number of carbonyl (C=O) groups excluding carboxylic acids is 1. The van der Waals surface area contributed by atoms with Gasteiger partial charge < -0.3 is 5.32 Å². The van der Waals surface area contributed by atoms with Crippen molar-refractivity contribution in [1.82, 2.24) is 5.32 Å². The van der Waals surface area contributed by atoms with Crippen LogP contribution in [0.1, 0.15) is 57.5 Å². The van der Waals surface area contributed by atoms with Crippen molar-refractivity contribution in [2.45, 2.75) is 48.1 Å². The van der Waals surface area contributed by atoms with Crippen molar-refractivity contribution < 1.29 is 4.79 Å². The zero-order valence-corrected chi connectivity index (χ0v) is 11.4. The van der Waals surface area contributed by atoms with Crippen LogP contribution < -0.4 is 5.32 Å². The minimum Gasteiger partial charge on any atom is -0.348 e. The summed E-state index contributed by atoms with van der Waals surface area (Å²) in [7, 11) is 0. The molecule has 0 saturated heterocycles. The van der Waals surface area contributed by atoms with E-state index in [2.05, 4.69) is 5.32 Å². The van der Waals surface area contributed by atoms with Crippen molar-refractivity contribution in [2.75, 3.05) is 0 Å². The van der Waals surface area contributed by atoms with Crippen molar-refractivity contribution in [3.05, 3.63) is 35.4 Å². The molecule has 0 radical (unpaired) electrons. The van der Waals surface area contributed by atoms with Crippen LogP contribution in [0.4, 0.5) is 0 Å². The summed E-state index contributed by atoms with van der Waals surface area (Å²) in [5, 5.41) is 2.75. The topological polar surface area (TPSA) is 29.1 Å². The maximum atomic E-state index is 11.0. The van der Waals surface area contributed by atoms with E-state index in [-0.39, 0.29) is 5.91 Å². The van der Waals surface area contributed by atoms with E-state index in [4.69, 9.17) is 0 Å². The molecule has 0 aromatic heterocycles. The molecule has 0 atom stereocenters. The number of benzene rings is 1. The molecule has 1 aliphatic rings.